The summed E-state index contributed by atoms with van der Waals surface area (Å²) in [5.74, 6) is -9.21. The minimum atomic E-state index is -1.09. The second-order valence-electron chi connectivity index (χ2n) is 17.2. The van der Waals surface area contributed by atoms with E-state index in [0.29, 0.717) is 54.5 Å². The smallest absolute Gasteiger partial charge is 0.329 e. The lowest BCUT2D eigenvalue weighted by Gasteiger charge is -2.23. The molecule has 0 aliphatic heterocycles. The number of esters is 6. The van der Waals surface area contributed by atoms with Gasteiger partial charge in [-0.3, -0.25) is 57.5 Å². The molecule has 0 bridgehead atoms. The summed E-state index contributed by atoms with van der Waals surface area (Å²) in [5, 5.41) is 2.81. The summed E-state index contributed by atoms with van der Waals surface area (Å²) in [6.45, 7) is 25.4. The first kappa shape index (κ1) is 76.5. The van der Waals surface area contributed by atoms with Crippen molar-refractivity contribution in [1.29, 1.82) is 0 Å². The maximum absolute atomic E-state index is 12.2. The van der Waals surface area contributed by atoms with E-state index in [0.717, 1.165) is 7.11 Å². The molecule has 0 saturated heterocycles. The van der Waals surface area contributed by atoms with Crippen LogP contribution in [0.2, 0.25) is 0 Å². The number of rotatable bonds is 32. The highest BCUT2D eigenvalue weighted by Gasteiger charge is 2.36. The van der Waals surface area contributed by atoms with Crippen molar-refractivity contribution in [3.8, 4) is 0 Å². The van der Waals surface area contributed by atoms with Crippen LogP contribution in [0.5, 0.6) is 0 Å². The van der Waals surface area contributed by atoms with Crippen LogP contribution in [0, 0.1) is 17.8 Å². The van der Waals surface area contributed by atoms with E-state index in [2.05, 4.69) is 25.4 Å². The highest BCUT2D eigenvalue weighted by molar-refractivity contribution is 8.16. The van der Waals surface area contributed by atoms with E-state index in [1.807, 2.05) is 20.8 Å². The Morgan fingerprint density at radius 3 is 0.872 bits per heavy atom. The lowest BCUT2D eigenvalue weighted by molar-refractivity contribution is -0.151. The number of thioether (sulfide) groups is 3. The SMILES string of the molecule is CCOC(=O)C(NC(=O)C(C)CC)C(C)SC(=O)C(=O)CC(=O)OC.CCOC(=O)C(NC(=O)C(C)CC)C(C)SC(=O)C(=O)CC(=O)OC(C)C.CCOC(=O)CC(=O)C(=O)SC(C)C(NC(=O)C(C)CC)C(=O)OCC.[HH].[HH].[HH]. The highest BCUT2D eigenvalue weighted by atomic mass is 32.2. The Kier molecular flexibility index (Phi) is 41.5. The van der Waals surface area contributed by atoms with Gasteiger partial charge in [0.25, 0.3) is 15.3 Å². The fourth-order valence-corrected chi connectivity index (χ4v) is 7.92. The van der Waals surface area contributed by atoms with Crippen LogP contribution in [0.15, 0.2) is 0 Å². The van der Waals surface area contributed by atoms with Gasteiger partial charge in [0.2, 0.25) is 35.1 Å². The lowest BCUT2D eigenvalue weighted by Crippen LogP contribution is -2.49. The quantitative estimate of drug-likeness (QED) is 0.0361. The number of amides is 3. The molecule has 0 rings (SSSR count). The highest BCUT2D eigenvalue weighted by Crippen LogP contribution is 2.22. The zero-order valence-electron chi connectivity index (χ0n) is 47.6. The number of carbonyl (C=O) groups is 15. The van der Waals surface area contributed by atoms with Crippen LogP contribution in [0.4, 0.5) is 0 Å². The predicted molar refractivity (Wildman–Crippen MR) is 295 cm³/mol. The summed E-state index contributed by atoms with van der Waals surface area (Å²) >= 11 is 1.73. The zero-order valence-corrected chi connectivity index (χ0v) is 50.1. The van der Waals surface area contributed by atoms with Gasteiger partial charge in [-0.1, -0.05) is 97.6 Å². The fourth-order valence-electron chi connectivity index (χ4n) is 5.35. The Morgan fingerprint density at radius 2 is 0.641 bits per heavy atom. The van der Waals surface area contributed by atoms with Crippen LogP contribution in [0.3, 0.4) is 0 Å². The molecule has 24 nitrogen and oxygen atoms in total. The molecule has 0 aliphatic rings. The first-order valence-corrected chi connectivity index (χ1v) is 28.1. The van der Waals surface area contributed by atoms with E-state index in [1.54, 1.807) is 62.3 Å². The maximum atomic E-state index is 12.2. The van der Waals surface area contributed by atoms with E-state index in [9.17, 15) is 71.9 Å². The molecule has 0 fully saturated rings. The number of hydrogen-bond donors (Lipinski definition) is 3. The molecule has 9 atom stereocenters. The third-order valence-corrected chi connectivity index (χ3v) is 13.7. The van der Waals surface area contributed by atoms with Gasteiger partial charge in [-0.05, 0) is 60.8 Å². The van der Waals surface area contributed by atoms with Gasteiger partial charge >= 0.3 is 35.8 Å². The van der Waals surface area contributed by atoms with E-state index in [1.165, 1.54) is 20.8 Å². The molecule has 450 valence electrons. The second-order valence-corrected chi connectivity index (χ2v) is 21.2. The molecule has 0 aromatic carbocycles. The molecule has 0 aromatic rings. The molecule has 0 saturated carbocycles. The number of hydrogen-bond acceptors (Lipinski definition) is 24. The molecular formula is C51H87N3O21S3. The topological polar surface area (TPSA) is 348 Å². The van der Waals surface area contributed by atoms with Crippen LogP contribution in [-0.2, 0) is 100 Å². The van der Waals surface area contributed by atoms with Crippen molar-refractivity contribution in [2.24, 2.45) is 17.8 Å². The normalized spacial score (nSPS) is 14.0. The molecule has 3 amide bonds. The zero-order chi connectivity index (χ0) is 61.0. The van der Waals surface area contributed by atoms with Gasteiger partial charge in [0, 0.05) is 37.8 Å². The van der Waals surface area contributed by atoms with E-state index in [4.69, 9.17) is 18.9 Å². The van der Waals surface area contributed by atoms with Gasteiger partial charge in [-0.15, -0.1) is 0 Å². The van der Waals surface area contributed by atoms with Gasteiger partial charge in [0.15, 0.2) is 0 Å². The van der Waals surface area contributed by atoms with Crippen molar-refractivity contribution in [3.63, 3.8) is 0 Å². The molecule has 0 aromatic heterocycles. The number of methoxy groups -OCH3 is 1. The molecular weight excluding hydrogens is 1090 g/mol. The van der Waals surface area contributed by atoms with Crippen molar-refractivity contribution < 1.29 is 105 Å². The minimum absolute atomic E-state index is 0. The number of nitrogens with one attached hydrogen (secondary N) is 3. The van der Waals surface area contributed by atoms with Crippen molar-refractivity contribution in [1.82, 2.24) is 16.0 Å². The van der Waals surface area contributed by atoms with Gasteiger partial charge in [-0.2, -0.15) is 0 Å². The third-order valence-electron chi connectivity index (χ3n) is 10.5. The molecule has 0 spiro atoms. The molecule has 0 radical (unpaired) electrons. The fraction of sp³-hybridized carbons (Fsp3) is 0.706. The molecule has 27 heteroatoms. The largest absolute Gasteiger partial charge is 0.469 e. The first-order valence-electron chi connectivity index (χ1n) is 25.4. The van der Waals surface area contributed by atoms with E-state index < -0.39 is 128 Å². The molecule has 0 aliphatic carbocycles. The van der Waals surface area contributed by atoms with Crippen molar-refractivity contribution in [2.75, 3.05) is 33.5 Å². The standard InChI is InChI=1S/C18H29NO7S.C17H27NO7S.C16H25NO7S.3H2/c1-7-11(5)16(22)19-15(17(23)25-8-2)12(6)27-18(24)13(20)9-14(21)26-10(3)4;1-6-10(4)15(21)18-14(16(22)25-8-3)11(5)26-17(23)12(19)9-13(20)24-7-2;1-6-9(3)14(20)17-13(15(21)24-7-2)10(4)25-16(22)11(18)8-12(19)23-5;;;/h10-12,15H,7-9H2,1-6H3,(H,19,22);10-11,14H,6-9H2,1-5H3,(H,18,21);9-10,13H,6-8H2,1-5H3,(H,17,20);3*1H. The summed E-state index contributed by atoms with van der Waals surface area (Å²) in [4.78, 5) is 178. The first-order chi connectivity index (χ1) is 36.4. The summed E-state index contributed by atoms with van der Waals surface area (Å²) in [7, 11) is 1.11. The van der Waals surface area contributed by atoms with Crippen LogP contribution in [-0.4, -0.2) is 160 Å². The van der Waals surface area contributed by atoms with Crippen LogP contribution in [0.1, 0.15) is 147 Å². The molecule has 0 heterocycles. The Labute approximate surface area is 474 Å². The second kappa shape index (κ2) is 42.3. The number of carbonyl (C=O) groups excluding carboxylic acids is 15. The van der Waals surface area contributed by atoms with Crippen molar-refractivity contribution in [2.45, 2.75) is 182 Å². The van der Waals surface area contributed by atoms with E-state index in [-0.39, 0.29) is 66.2 Å². The van der Waals surface area contributed by atoms with Gasteiger partial charge in [0.1, 0.15) is 37.4 Å². The lowest BCUT2D eigenvalue weighted by atomic mass is 10.1. The van der Waals surface area contributed by atoms with Crippen LogP contribution < -0.4 is 16.0 Å². The van der Waals surface area contributed by atoms with Crippen molar-refractivity contribution >= 4 is 122 Å². The Hall–Kier alpha value is -5.70. The predicted octanol–water partition coefficient (Wildman–Crippen LogP) is 4.49. The summed E-state index contributed by atoms with van der Waals surface area (Å²) in [6, 6.07) is -3.25. The molecule has 78 heavy (non-hydrogen) atoms. The molecule has 3 N–H and O–H groups in total. The monoisotopic (exact) mass is 1170 g/mol. The third kappa shape index (κ3) is 32.3. The molecule has 9 unspecified atom stereocenters. The minimum Gasteiger partial charge on any atom is -0.469 e. The maximum Gasteiger partial charge on any atom is 0.329 e. The summed E-state index contributed by atoms with van der Waals surface area (Å²) in [5.41, 5.74) is 0. The average Bonchev–Trinajstić information content (AvgIpc) is 3.37. The van der Waals surface area contributed by atoms with Gasteiger partial charge < -0.3 is 44.4 Å². The average molecular weight is 1170 g/mol. The van der Waals surface area contributed by atoms with Crippen LogP contribution in [0.25, 0.3) is 0 Å². The number of Topliss-reactive ketones (excluding diaryl/α,β-unsaturated/α-hetero) is 3. The Morgan fingerprint density at radius 1 is 0.385 bits per heavy atom. The summed E-state index contributed by atoms with van der Waals surface area (Å²) < 4.78 is 28.6. The Balaban J connectivity index is -0.000000256. The van der Waals surface area contributed by atoms with E-state index >= 15 is 0 Å². The van der Waals surface area contributed by atoms with Crippen molar-refractivity contribution in [3.05, 3.63) is 0 Å². The van der Waals surface area contributed by atoms with Gasteiger partial charge in [0.05, 0.1) is 39.6 Å². The van der Waals surface area contributed by atoms with Crippen LogP contribution >= 0.6 is 35.3 Å². The summed E-state index contributed by atoms with van der Waals surface area (Å²) in [6.07, 6.45) is -0.637. The van der Waals surface area contributed by atoms with Gasteiger partial charge in [-0.25, -0.2) is 14.4 Å². The number of ketones is 3. The number of ether oxygens (including phenoxy) is 6. The Bertz CT molecular complexity index is 2090.